The van der Waals surface area contributed by atoms with Crippen LogP contribution >= 0.6 is 0 Å². The molecule has 0 saturated carbocycles. The summed E-state index contributed by atoms with van der Waals surface area (Å²) in [6, 6.07) is 2.26. The molecule has 0 aromatic heterocycles. The van der Waals surface area contributed by atoms with E-state index in [-0.39, 0.29) is 0 Å². The van der Waals surface area contributed by atoms with Gasteiger partial charge < -0.3 is 5.11 Å². The molecular weight excluding hydrogens is 244 g/mol. The summed E-state index contributed by atoms with van der Waals surface area (Å²) >= 11 is 0. The number of phenols is 1. The summed E-state index contributed by atoms with van der Waals surface area (Å²) < 4.78 is 0. The maximum Gasteiger partial charge on any atom is 0.122 e. The molecule has 0 bridgehead atoms. The highest BCUT2D eigenvalue weighted by Gasteiger charge is 2.22. The number of phenolic OH excluding ortho intramolecular Hbond substituents is 1. The Morgan fingerprint density at radius 3 is 1.75 bits per heavy atom. The van der Waals surface area contributed by atoms with Crippen LogP contribution in [0, 0.1) is 6.92 Å². The first kappa shape index (κ1) is 17.1. The Bertz CT molecular complexity index is 413. The minimum absolute atomic E-state index is 0.418. The second-order valence-electron chi connectivity index (χ2n) is 6.37. The van der Waals surface area contributed by atoms with Crippen molar-refractivity contribution < 1.29 is 5.11 Å². The van der Waals surface area contributed by atoms with Gasteiger partial charge in [0.25, 0.3) is 0 Å². The van der Waals surface area contributed by atoms with Gasteiger partial charge in [-0.1, -0.05) is 47.6 Å². The molecule has 0 heterocycles. The minimum Gasteiger partial charge on any atom is -0.507 e. The second kappa shape index (κ2) is 7.15. The van der Waals surface area contributed by atoms with E-state index >= 15 is 0 Å². The van der Waals surface area contributed by atoms with Crippen LogP contribution in [0.5, 0.6) is 5.75 Å². The zero-order valence-corrected chi connectivity index (χ0v) is 14.4. The van der Waals surface area contributed by atoms with Crippen molar-refractivity contribution >= 4 is 0 Å². The first-order chi connectivity index (χ1) is 9.38. The second-order valence-corrected chi connectivity index (χ2v) is 6.37. The molecule has 0 amide bonds. The van der Waals surface area contributed by atoms with E-state index in [0.29, 0.717) is 23.5 Å². The molecule has 1 aromatic rings. The van der Waals surface area contributed by atoms with Crippen molar-refractivity contribution in [3.63, 3.8) is 0 Å². The molecule has 1 rings (SSSR count). The van der Waals surface area contributed by atoms with Gasteiger partial charge in [0.1, 0.15) is 5.75 Å². The van der Waals surface area contributed by atoms with Gasteiger partial charge in [0.05, 0.1) is 0 Å². The van der Waals surface area contributed by atoms with Gasteiger partial charge in [-0.3, -0.25) is 0 Å². The maximum absolute atomic E-state index is 10.8. The molecule has 3 unspecified atom stereocenters. The lowest BCUT2D eigenvalue weighted by Gasteiger charge is -2.25. The molecule has 1 N–H and O–H groups in total. The van der Waals surface area contributed by atoms with Crippen LogP contribution in [0.15, 0.2) is 6.07 Å². The quantitative estimate of drug-likeness (QED) is 0.652. The maximum atomic E-state index is 10.8. The highest BCUT2D eigenvalue weighted by Crippen LogP contribution is 2.42. The van der Waals surface area contributed by atoms with Crippen molar-refractivity contribution in [1.29, 1.82) is 0 Å². The zero-order valence-electron chi connectivity index (χ0n) is 14.4. The van der Waals surface area contributed by atoms with Crippen LogP contribution in [0.2, 0.25) is 0 Å². The fourth-order valence-electron chi connectivity index (χ4n) is 2.97. The average Bonchev–Trinajstić information content (AvgIpc) is 2.45. The lowest BCUT2D eigenvalue weighted by Crippen LogP contribution is -2.07. The number of aromatic hydroxyl groups is 1. The molecule has 0 aliphatic rings. The molecule has 1 nitrogen and oxygen atoms in total. The molecule has 0 spiro atoms. The van der Waals surface area contributed by atoms with E-state index in [1.165, 1.54) is 16.7 Å². The summed E-state index contributed by atoms with van der Waals surface area (Å²) in [4.78, 5) is 0. The largest absolute Gasteiger partial charge is 0.507 e. The van der Waals surface area contributed by atoms with Crippen LogP contribution in [0.25, 0.3) is 0 Å². The minimum atomic E-state index is 0.418. The number of rotatable bonds is 6. The average molecular weight is 276 g/mol. The Balaban J connectivity index is 3.56. The van der Waals surface area contributed by atoms with Crippen molar-refractivity contribution in [1.82, 2.24) is 0 Å². The Hall–Kier alpha value is -0.980. The fraction of sp³-hybridized carbons (Fsp3) is 0.684. The Morgan fingerprint density at radius 1 is 0.850 bits per heavy atom. The molecule has 0 radical (unpaired) electrons. The summed E-state index contributed by atoms with van der Waals surface area (Å²) in [6.07, 6.45) is 3.28. The van der Waals surface area contributed by atoms with E-state index in [9.17, 15) is 5.11 Å². The molecule has 0 aliphatic heterocycles. The van der Waals surface area contributed by atoms with Crippen molar-refractivity contribution in [3.8, 4) is 5.75 Å². The number of benzene rings is 1. The third kappa shape index (κ3) is 3.19. The van der Waals surface area contributed by atoms with E-state index in [4.69, 9.17) is 0 Å². The lowest BCUT2D eigenvalue weighted by atomic mass is 9.81. The molecular formula is C19H32O. The molecule has 0 aliphatic carbocycles. The Morgan fingerprint density at radius 2 is 1.30 bits per heavy atom. The van der Waals surface area contributed by atoms with Crippen LogP contribution in [-0.2, 0) is 0 Å². The van der Waals surface area contributed by atoms with Crippen LogP contribution in [0.4, 0.5) is 0 Å². The van der Waals surface area contributed by atoms with Crippen LogP contribution < -0.4 is 0 Å². The Labute approximate surface area is 125 Å². The van der Waals surface area contributed by atoms with Crippen LogP contribution in [0.3, 0.4) is 0 Å². The molecule has 0 saturated heterocycles. The fourth-order valence-corrected chi connectivity index (χ4v) is 2.97. The summed E-state index contributed by atoms with van der Waals surface area (Å²) in [5.41, 5.74) is 5.05. The standard InChI is InChI=1S/C19H32O/c1-8-12(4)16-11-17(13(5)9-2)19(20)18(15(16)7)14(6)10-3/h11-14,20H,8-10H2,1-7H3. The van der Waals surface area contributed by atoms with Crippen LogP contribution in [0.1, 0.15) is 101 Å². The van der Waals surface area contributed by atoms with Gasteiger partial charge in [-0.15, -0.1) is 0 Å². The monoisotopic (exact) mass is 276 g/mol. The van der Waals surface area contributed by atoms with E-state index in [1.807, 2.05) is 0 Å². The molecule has 1 heteroatoms. The van der Waals surface area contributed by atoms with Gasteiger partial charge in [0.2, 0.25) is 0 Å². The Kier molecular flexibility index (Phi) is 6.10. The van der Waals surface area contributed by atoms with E-state index < -0.39 is 0 Å². The number of hydrogen-bond donors (Lipinski definition) is 1. The van der Waals surface area contributed by atoms with Gasteiger partial charge in [-0.25, -0.2) is 0 Å². The zero-order chi connectivity index (χ0) is 15.4. The first-order valence-electron chi connectivity index (χ1n) is 8.25. The van der Waals surface area contributed by atoms with Crippen LogP contribution in [-0.4, -0.2) is 5.11 Å². The van der Waals surface area contributed by atoms with E-state index in [1.54, 1.807) is 0 Å². The van der Waals surface area contributed by atoms with Gasteiger partial charge in [-0.05, 0) is 60.6 Å². The topological polar surface area (TPSA) is 20.2 Å². The first-order valence-corrected chi connectivity index (χ1v) is 8.25. The van der Waals surface area contributed by atoms with E-state index in [2.05, 4.69) is 54.5 Å². The predicted molar refractivity (Wildman–Crippen MR) is 89.0 cm³/mol. The summed E-state index contributed by atoms with van der Waals surface area (Å²) in [7, 11) is 0. The molecule has 114 valence electrons. The molecule has 1 aromatic carbocycles. The lowest BCUT2D eigenvalue weighted by molar-refractivity contribution is 0.447. The molecule has 0 fully saturated rings. The van der Waals surface area contributed by atoms with Gasteiger partial charge in [0.15, 0.2) is 0 Å². The van der Waals surface area contributed by atoms with Crippen molar-refractivity contribution in [3.05, 3.63) is 28.3 Å². The van der Waals surface area contributed by atoms with Gasteiger partial charge in [0, 0.05) is 5.56 Å². The van der Waals surface area contributed by atoms with Gasteiger partial charge >= 0.3 is 0 Å². The molecule has 3 atom stereocenters. The van der Waals surface area contributed by atoms with E-state index in [0.717, 1.165) is 24.8 Å². The normalized spacial score (nSPS) is 15.9. The third-order valence-electron chi connectivity index (χ3n) is 5.07. The predicted octanol–water partition coefficient (Wildman–Crippen LogP) is 6.24. The SMILES string of the molecule is CCC(C)c1cc(C(C)CC)c(O)c(C(C)CC)c1C. The third-order valence-corrected chi connectivity index (χ3v) is 5.07. The summed E-state index contributed by atoms with van der Waals surface area (Å²) in [6.45, 7) is 15.5. The van der Waals surface area contributed by atoms with Crippen molar-refractivity contribution in [2.24, 2.45) is 0 Å². The summed E-state index contributed by atoms with van der Waals surface area (Å²) in [5, 5.41) is 10.8. The molecule has 20 heavy (non-hydrogen) atoms. The van der Waals surface area contributed by atoms with Crippen molar-refractivity contribution in [2.45, 2.75) is 85.5 Å². The highest BCUT2D eigenvalue weighted by atomic mass is 16.3. The van der Waals surface area contributed by atoms with Gasteiger partial charge in [-0.2, -0.15) is 0 Å². The highest BCUT2D eigenvalue weighted by molar-refractivity contribution is 5.53. The smallest absolute Gasteiger partial charge is 0.122 e. The number of hydrogen-bond acceptors (Lipinski definition) is 1. The van der Waals surface area contributed by atoms with Crippen molar-refractivity contribution in [2.75, 3.05) is 0 Å². The summed E-state index contributed by atoms with van der Waals surface area (Å²) in [5.74, 6) is 1.95.